The van der Waals surface area contributed by atoms with Crippen LogP contribution in [-0.4, -0.2) is 62.7 Å². The van der Waals surface area contributed by atoms with Gasteiger partial charge in [-0.25, -0.2) is 0 Å². The number of carbonyl (C=O) groups is 1. The van der Waals surface area contributed by atoms with Crippen molar-refractivity contribution in [3.8, 4) is 0 Å². The molecule has 0 aliphatic carbocycles. The molecule has 1 aromatic carbocycles. The average Bonchev–Trinajstić information content (AvgIpc) is 3.18. The summed E-state index contributed by atoms with van der Waals surface area (Å²) in [5.74, 6) is -0.144. The van der Waals surface area contributed by atoms with Crippen LogP contribution in [0.25, 0.3) is 0 Å². The number of benzene rings is 1. The molecule has 1 amide bonds. The number of likely N-dealkylation sites (N-methyl/N-ethyl adjacent to an activating group) is 1. The Labute approximate surface area is 139 Å². The minimum absolute atomic E-state index is 0.144. The lowest BCUT2D eigenvalue weighted by molar-refractivity contribution is 0.0172. The van der Waals surface area contributed by atoms with E-state index in [2.05, 4.69) is 26.6 Å². The van der Waals surface area contributed by atoms with Gasteiger partial charge in [-0.1, -0.05) is 34.8 Å². The Bertz CT molecular complexity index is 649. The molecule has 1 fully saturated rings. The largest absolute Gasteiger partial charge is 0.387 e. The van der Waals surface area contributed by atoms with E-state index in [0.29, 0.717) is 24.4 Å². The fraction of sp³-hybridized carbons (Fsp3) is 0.438. The van der Waals surface area contributed by atoms with Crippen LogP contribution >= 0.6 is 11.5 Å². The second-order valence-corrected chi connectivity index (χ2v) is 6.90. The molecule has 2 aromatic rings. The van der Waals surface area contributed by atoms with Gasteiger partial charge in [0.15, 0.2) is 0 Å². The minimum Gasteiger partial charge on any atom is -0.387 e. The van der Waals surface area contributed by atoms with Crippen LogP contribution in [0.15, 0.2) is 36.5 Å². The second-order valence-electron chi connectivity index (χ2n) is 6.11. The summed E-state index contributed by atoms with van der Waals surface area (Å²) in [6, 6.07) is 10.2. The first-order chi connectivity index (χ1) is 11.1. The molecule has 1 aliphatic rings. The van der Waals surface area contributed by atoms with Crippen molar-refractivity contribution < 1.29 is 9.90 Å². The number of amides is 1. The van der Waals surface area contributed by atoms with Gasteiger partial charge in [-0.2, -0.15) is 0 Å². The van der Waals surface area contributed by atoms with Gasteiger partial charge in [0.2, 0.25) is 0 Å². The predicted octanol–water partition coefficient (Wildman–Crippen LogP) is 1.25. The standard InChI is InChI=1S/C16H20N4O2S/c1-19(15(21)14-9-17-18-23-14)11-16(22)7-8-20(12-16)10-13-5-3-2-4-6-13/h2-6,9,22H,7-8,10-12H2,1H3/t16-/m0/s1. The summed E-state index contributed by atoms with van der Waals surface area (Å²) in [6.07, 6.45) is 2.13. The summed E-state index contributed by atoms with van der Waals surface area (Å²) < 4.78 is 3.71. The quantitative estimate of drug-likeness (QED) is 0.892. The van der Waals surface area contributed by atoms with E-state index in [9.17, 15) is 9.90 Å². The zero-order chi connectivity index (χ0) is 16.3. The fourth-order valence-electron chi connectivity index (χ4n) is 3.01. The number of rotatable bonds is 5. The lowest BCUT2D eigenvalue weighted by Gasteiger charge is -2.28. The monoisotopic (exact) mass is 332 g/mol. The lowest BCUT2D eigenvalue weighted by Crippen LogP contribution is -2.45. The van der Waals surface area contributed by atoms with Crippen LogP contribution in [0, 0.1) is 0 Å². The molecule has 2 heterocycles. The van der Waals surface area contributed by atoms with Gasteiger partial charge in [0.25, 0.3) is 5.91 Å². The first-order valence-electron chi connectivity index (χ1n) is 7.57. The van der Waals surface area contributed by atoms with Crippen LogP contribution in [0.1, 0.15) is 21.7 Å². The molecule has 0 unspecified atom stereocenters. The molecule has 1 aromatic heterocycles. The maximum absolute atomic E-state index is 12.2. The van der Waals surface area contributed by atoms with Gasteiger partial charge in [-0.05, 0) is 23.5 Å². The Morgan fingerprint density at radius 1 is 1.43 bits per heavy atom. The highest BCUT2D eigenvalue weighted by Gasteiger charge is 2.38. The lowest BCUT2D eigenvalue weighted by atomic mass is 10.0. The van der Waals surface area contributed by atoms with E-state index in [0.717, 1.165) is 24.6 Å². The maximum atomic E-state index is 12.2. The molecule has 1 aliphatic heterocycles. The van der Waals surface area contributed by atoms with Crippen LogP contribution in [0.5, 0.6) is 0 Å². The van der Waals surface area contributed by atoms with Crippen molar-refractivity contribution in [2.45, 2.75) is 18.6 Å². The Balaban J connectivity index is 1.57. The highest BCUT2D eigenvalue weighted by molar-refractivity contribution is 7.07. The number of aromatic nitrogens is 2. The first-order valence-corrected chi connectivity index (χ1v) is 8.35. The van der Waals surface area contributed by atoms with E-state index in [1.165, 1.54) is 11.8 Å². The zero-order valence-electron chi connectivity index (χ0n) is 13.1. The summed E-state index contributed by atoms with van der Waals surface area (Å²) >= 11 is 1.07. The van der Waals surface area contributed by atoms with Crippen molar-refractivity contribution >= 4 is 17.4 Å². The number of hydrogen-bond donors (Lipinski definition) is 1. The number of carbonyl (C=O) groups excluding carboxylic acids is 1. The SMILES string of the molecule is CN(C[C@@]1(O)CCN(Cc2ccccc2)C1)C(=O)c1cnns1. The molecule has 0 bridgehead atoms. The molecule has 0 radical (unpaired) electrons. The fourth-order valence-corrected chi connectivity index (χ4v) is 3.52. The predicted molar refractivity (Wildman–Crippen MR) is 88.2 cm³/mol. The molecule has 7 heteroatoms. The second kappa shape index (κ2) is 6.74. The number of nitrogens with zero attached hydrogens (tertiary/aromatic N) is 4. The van der Waals surface area contributed by atoms with E-state index < -0.39 is 5.60 Å². The smallest absolute Gasteiger partial charge is 0.267 e. The molecule has 0 saturated carbocycles. The molecule has 6 nitrogen and oxygen atoms in total. The summed E-state index contributed by atoms with van der Waals surface area (Å²) in [4.78, 5) is 16.5. The Kier molecular flexibility index (Phi) is 4.70. The number of hydrogen-bond acceptors (Lipinski definition) is 6. The third kappa shape index (κ3) is 3.93. The van der Waals surface area contributed by atoms with Gasteiger partial charge >= 0.3 is 0 Å². The normalized spacial score (nSPS) is 21.5. The molecule has 0 spiro atoms. The van der Waals surface area contributed by atoms with Gasteiger partial charge in [-0.3, -0.25) is 9.69 Å². The topological polar surface area (TPSA) is 69.6 Å². The van der Waals surface area contributed by atoms with E-state index in [4.69, 9.17) is 0 Å². The Hall–Kier alpha value is -1.83. The Morgan fingerprint density at radius 2 is 2.22 bits per heavy atom. The highest BCUT2D eigenvalue weighted by atomic mass is 32.1. The number of likely N-dealkylation sites (tertiary alicyclic amines) is 1. The molecule has 3 rings (SSSR count). The van der Waals surface area contributed by atoms with Gasteiger partial charge in [0, 0.05) is 26.7 Å². The summed E-state index contributed by atoms with van der Waals surface area (Å²) in [5.41, 5.74) is 0.369. The van der Waals surface area contributed by atoms with Crippen LogP contribution in [0.4, 0.5) is 0 Å². The van der Waals surface area contributed by atoms with Crippen LogP contribution < -0.4 is 0 Å². The summed E-state index contributed by atoms with van der Waals surface area (Å²) in [5, 5.41) is 14.5. The van der Waals surface area contributed by atoms with Gasteiger partial charge in [0.1, 0.15) is 4.88 Å². The van der Waals surface area contributed by atoms with Crippen molar-refractivity contribution in [1.82, 2.24) is 19.4 Å². The minimum atomic E-state index is -0.864. The Morgan fingerprint density at radius 3 is 2.91 bits per heavy atom. The van der Waals surface area contributed by atoms with E-state index in [-0.39, 0.29) is 5.91 Å². The van der Waals surface area contributed by atoms with E-state index in [1.807, 2.05) is 18.2 Å². The highest BCUT2D eigenvalue weighted by Crippen LogP contribution is 2.24. The maximum Gasteiger partial charge on any atom is 0.267 e. The first kappa shape index (κ1) is 16.0. The molecule has 1 atom stereocenters. The summed E-state index contributed by atoms with van der Waals surface area (Å²) in [6.45, 7) is 2.53. The molecule has 23 heavy (non-hydrogen) atoms. The third-order valence-corrected chi connectivity index (χ3v) is 4.76. The van der Waals surface area contributed by atoms with Crippen LogP contribution in [-0.2, 0) is 6.54 Å². The van der Waals surface area contributed by atoms with E-state index >= 15 is 0 Å². The van der Waals surface area contributed by atoms with Crippen molar-refractivity contribution in [1.29, 1.82) is 0 Å². The van der Waals surface area contributed by atoms with Crippen LogP contribution in [0.2, 0.25) is 0 Å². The van der Waals surface area contributed by atoms with E-state index in [1.54, 1.807) is 11.9 Å². The molecular formula is C16H20N4O2S. The van der Waals surface area contributed by atoms with Crippen molar-refractivity contribution in [3.63, 3.8) is 0 Å². The molecule has 122 valence electrons. The average molecular weight is 332 g/mol. The van der Waals surface area contributed by atoms with Crippen molar-refractivity contribution in [3.05, 3.63) is 47.0 Å². The summed E-state index contributed by atoms with van der Waals surface area (Å²) in [7, 11) is 1.71. The van der Waals surface area contributed by atoms with Gasteiger partial charge < -0.3 is 10.0 Å². The van der Waals surface area contributed by atoms with Gasteiger partial charge in [0.05, 0.1) is 18.3 Å². The third-order valence-electron chi connectivity index (χ3n) is 4.11. The zero-order valence-corrected chi connectivity index (χ0v) is 13.9. The number of β-amino-alcohol motifs (C(OH)–C–C–N with tert-alkyl or cyclic N) is 1. The van der Waals surface area contributed by atoms with Gasteiger partial charge in [-0.15, -0.1) is 5.10 Å². The van der Waals surface area contributed by atoms with Crippen molar-refractivity contribution in [2.75, 3.05) is 26.7 Å². The number of aliphatic hydroxyl groups is 1. The van der Waals surface area contributed by atoms with Crippen molar-refractivity contribution in [2.24, 2.45) is 0 Å². The molecular weight excluding hydrogens is 312 g/mol. The molecule has 1 saturated heterocycles. The van der Waals surface area contributed by atoms with Crippen LogP contribution in [0.3, 0.4) is 0 Å². The molecule has 1 N–H and O–H groups in total.